The van der Waals surface area contributed by atoms with E-state index in [9.17, 15) is 18.0 Å². The summed E-state index contributed by atoms with van der Waals surface area (Å²) in [7, 11) is -3.58. The van der Waals surface area contributed by atoms with Crippen molar-refractivity contribution in [3.8, 4) is 0 Å². The van der Waals surface area contributed by atoms with Crippen molar-refractivity contribution in [2.75, 3.05) is 32.9 Å². The predicted octanol–water partition coefficient (Wildman–Crippen LogP) is 3.81. The van der Waals surface area contributed by atoms with Gasteiger partial charge in [0.15, 0.2) is 6.61 Å². The number of ether oxygens (including phenoxy) is 2. The Morgan fingerprint density at radius 3 is 2.42 bits per heavy atom. The highest BCUT2D eigenvalue weighted by Gasteiger charge is 2.35. The molecule has 0 aliphatic carbocycles. The highest BCUT2D eigenvalue weighted by molar-refractivity contribution is 7.89. The molecule has 10 nitrogen and oxygen atoms in total. The number of rotatable bonds is 9. The minimum Gasteiger partial charge on any atom is -0.467 e. The monoisotopic (exact) mass is 585 g/mol. The van der Waals surface area contributed by atoms with Crippen LogP contribution in [0.4, 0.5) is 0 Å². The lowest BCUT2D eigenvalue weighted by Gasteiger charge is -2.26. The van der Waals surface area contributed by atoms with Crippen LogP contribution in [-0.4, -0.2) is 68.2 Å². The molecule has 1 amide bonds. The van der Waals surface area contributed by atoms with Crippen LogP contribution in [0.5, 0.6) is 0 Å². The fraction of sp³-hybridized carbons (Fsp3) is 0.321. The Kier molecular flexibility index (Phi) is 8.65. The van der Waals surface area contributed by atoms with Gasteiger partial charge in [-0.1, -0.05) is 35.9 Å². The van der Waals surface area contributed by atoms with E-state index in [4.69, 9.17) is 25.5 Å². The van der Waals surface area contributed by atoms with Crippen LogP contribution in [-0.2, 0) is 35.5 Å². The fourth-order valence-electron chi connectivity index (χ4n) is 4.55. The number of morpholine rings is 1. The first-order valence-electron chi connectivity index (χ1n) is 12.8. The van der Waals surface area contributed by atoms with Gasteiger partial charge >= 0.3 is 5.97 Å². The predicted molar refractivity (Wildman–Crippen MR) is 146 cm³/mol. The zero-order valence-corrected chi connectivity index (χ0v) is 23.1. The van der Waals surface area contributed by atoms with Gasteiger partial charge in [-0.25, -0.2) is 13.4 Å². The maximum atomic E-state index is 13.0. The maximum Gasteiger partial charge on any atom is 0.306 e. The summed E-state index contributed by atoms with van der Waals surface area (Å²) in [5.74, 6) is -0.447. The van der Waals surface area contributed by atoms with Crippen molar-refractivity contribution in [3.63, 3.8) is 0 Å². The Balaban J connectivity index is 1.16. The van der Waals surface area contributed by atoms with Gasteiger partial charge < -0.3 is 13.9 Å². The first-order valence-corrected chi connectivity index (χ1v) is 14.6. The van der Waals surface area contributed by atoms with Crippen LogP contribution in [0.2, 0.25) is 5.02 Å². The third kappa shape index (κ3) is 6.44. The molecule has 1 aromatic heterocycles. The van der Waals surface area contributed by atoms with Gasteiger partial charge in [0.2, 0.25) is 10.0 Å². The van der Waals surface area contributed by atoms with Gasteiger partial charge in [0, 0.05) is 31.0 Å². The van der Waals surface area contributed by atoms with Crippen molar-refractivity contribution < 1.29 is 31.9 Å². The average molecular weight is 586 g/mol. The number of sulfonamides is 1. The standard InChI is InChI=1S/C28H28ClN3O7S/c29-22-8-6-21(7-9-22)24-18-25(26-2-1-15-38-26)32(30-24)27(33)19-39-28(34)12-5-20-3-10-23(11-4-20)40(35,36)31-13-16-37-17-14-31/h1-4,6-11,15,25H,5,12-14,16-19H2/t25-/m0/s1. The van der Waals surface area contributed by atoms with Crippen LogP contribution in [0.1, 0.15) is 35.8 Å². The van der Waals surface area contributed by atoms with Crippen molar-refractivity contribution in [3.05, 3.63) is 88.8 Å². The summed E-state index contributed by atoms with van der Waals surface area (Å²) in [5.41, 5.74) is 2.30. The molecule has 0 unspecified atom stereocenters. The van der Waals surface area contributed by atoms with E-state index in [2.05, 4.69) is 5.10 Å². The lowest BCUT2D eigenvalue weighted by atomic mass is 10.0. The van der Waals surface area contributed by atoms with Crippen molar-refractivity contribution in [1.82, 2.24) is 9.31 Å². The van der Waals surface area contributed by atoms with E-state index < -0.39 is 34.5 Å². The molecule has 2 aliphatic heterocycles. The third-order valence-electron chi connectivity index (χ3n) is 6.72. The number of halogens is 1. The number of carbonyl (C=O) groups excluding carboxylic acids is 2. The molecule has 0 spiro atoms. The second kappa shape index (κ2) is 12.3. The van der Waals surface area contributed by atoms with E-state index in [0.717, 1.165) is 11.1 Å². The molecule has 1 fully saturated rings. The molecule has 2 aromatic carbocycles. The number of furan rings is 1. The molecule has 0 saturated carbocycles. The van der Waals surface area contributed by atoms with Crippen molar-refractivity contribution in [1.29, 1.82) is 0 Å². The molecule has 1 atom stereocenters. The summed E-state index contributed by atoms with van der Waals surface area (Å²) in [4.78, 5) is 25.7. The normalized spacial score (nSPS) is 18.0. The van der Waals surface area contributed by atoms with Crippen molar-refractivity contribution in [2.24, 2.45) is 5.10 Å². The smallest absolute Gasteiger partial charge is 0.306 e. The molecular formula is C28H28ClN3O7S. The van der Waals surface area contributed by atoms with Crippen LogP contribution < -0.4 is 0 Å². The van der Waals surface area contributed by atoms with Gasteiger partial charge in [-0.3, -0.25) is 9.59 Å². The molecule has 0 bridgehead atoms. The zero-order valence-electron chi connectivity index (χ0n) is 21.6. The molecule has 12 heteroatoms. The Morgan fingerprint density at radius 2 is 1.75 bits per heavy atom. The Labute approximate surface area is 237 Å². The van der Waals surface area contributed by atoms with Crippen LogP contribution in [0.25, 0.3) is 0 Å². The number of amides is 1. The van der Waals surface area contributed by atoms with Crippen molar-refractivity contribution >= 4 is 39.2 Å². The molecule has 0 radical (unpaired) electrons. The summed E-state index contributed by atoms with van der Waals surface area (Å²) in [6.45, 7) is 0.923. The maximum absolute atomic E-state index is 13.0. The summed E-state index contributed by atoms with van der Waals surface area (Å²) in [6, 6.07) is 16.7. The lowest BCUT2D eigenvalue weighted by Crippen LogP contribution is -2.40. The number of aryl methyl sites for hydroxylation is 1. The number of benzene rings is 2. The molecule has 3 heterocycles. The molecule has 0 N–H and O–H groups in total. The Bertz CT molecular complexity index is 1470. The minimum atomic E-state index is -3.58. The summed E-state index contributed by atoms with van der Waals surface area (Å²) in [6.07, 6.45) is 2.33. The highest BCUT2D eigenvalue weighted by Crippen LogP contribution is 2.33. The van der Waals surface area contributed by atoms with Gasteiger partial charge in [0.25, 0.3) is 5.91 Å². The van der Waals surface area contributed by atoms with Gasteiger partial charge in [-0.15, -0.1) is 0 Å². The number of hydrogen-bond donors (Lipinski definition) is 0. The van der Waals surface area contributed by atoms with Crippen LogP contribution in [0, 0.1) is 0 Å². The first kappa shape index (κ1) is 28.0. The summed E-state index contributed by atoms with van der Waals surface area (Å²) in [5, 5.41) is 6.40. The van der Waals surface area contributed by atoms with Crippen LogP contribution >= 0.6 is 11.6 Å². The Morgan fingerprint density at radius 1 is 1.02 bits per heavy atom. The number of hydrogen-bond acceptors (Lipinski definition) is 8. The van der Waals surface area contributed by atoms with E-state index >= 15 is 0 Å². The fourth-order valence-corrected chi connectivity index (χ4v) is 6.08. The number of carbonyl (C=O) groups is 2. The molecule has 1 saturated heterocycles. The Hall–Kier alpha value is -3.51. The van der Waals surface area contributed by atoms with Crippen LogP contribution in [0.3, 0.4) is 0 Å². The largest absolute Gasteiger partial charge is 0.467 e. The topological polar surface area (TPSA) is 119 Å². The van der Waals surface area contributed by atoms with Crippen LogP contribution in [0.15, 0.2) is 81.3 Å². The van der Waals surface area contributed by atoms with E-state index in [0.29, 0.717) is 55.6 Å². The van der Waals surface area contributed by atoms with E-state index in [1.54, 1.807) is 36.4 Å². The van der Waals surface area contributed by atoms with Gasteiger partial charge in [0.1, 0.15) is 11.8 Å². The third-order valence-corrected chi connectivity index (χ3v) is 8.89. The SMILES string of the molecule is O=C(CCc1ccc(S(=O)(=O)N2CCOCC2)cc1)OCC(=O)N1N=C(c2ccc(Cl)cc2)C[C@H]1c1ccco1. The van der Waals surface area contributed by atoms with E-state index in [1.807, 2.05) is 12.1 Å². The quantitative estimate of drug-likeness (QED) is 0.350. The van der Waals surface area contributed by atoms with Gasteiger partial charge in [0.05, 0.1) is 30.1 Å². The zero-order chi connectivity index (χ0) is 28.1. The van der Waals surface area contributed by atoms with E-state index in [1.165, 1.54) is 27.7 Å². The molecule has 2 aliphatic rings. The van der Waals surface area contributed by atoms with E-state index in [-0.39, 0.29) is 11.3 Å². The minimum absolute atomic E-state index is 0.0315. The number of esters is 1. The molecule has 210 valence electrons. The molecule has 40 heavy (non-hydrogen) atoms. The number of nitrogens with zero attached hydrogens (tertiary/aromatic N) is 3. The molecule has 5 rings (SSSR count). The second-order valence-electron chi connectivity index (χ2n) is 9.35. The van der Waals surface area contributed by atoms with Crippen molar-refractivity contribution in [2.45, 2.75) is 30.2 Å². The molecular weight excluding hydrogens is 558 g/mol. The molecule has 3 aromatic rings. The lowest BCUT2D eigenvalue weighted by molar-refractivity contribution is -0.152. The first-order chi connectivity index (χ1) is 19.3. The summed E-state index contributed by atoms with van der Waals surface area (Å²) < 4.78 is 43.0. The summed E-state index contributed by atoms with van der Waals surface area (Å²) >= 11 is 6.00. The van der Waals surface area contributed by atoms with Gasteiger partial charge in [-0.05, 0) is 53.9 Å². The highest BCUT2D eigenvalue weighted by atomic mass is 35.5. The average Bonchev–Trinajstić information content (AvgIpc) is 3.67. The number of hydrazone groups is 1. The second-order valence-corrected chi connectivity index (χ2v) is 11.7. The van der Waals surface area contributed by atoms with Gasteiger partial charge in [-0.2, -0.15) is 9.41 Å².